The van der Waals surface area contributed by atoms with Crippen LogP contribution >= 0.6 is 0 Å². The molecule has 1 heterocycles. The van der Waals surface area contributed by atoms with Crippen LogP contribution in [0, 0.1) is 0 Å². The molecule has 0 unspecified atom stereocenters. The molecule has 118 valence electrons. The largest absolute Gasteiger partial charge is 0.401 e. The third-order valence-electron chi connectivity index (χ3n) is 3.39. The lowest BCUT2D eigenvalue weighted by molar-refractivity contribution is -0.147. The molecule has 2 rings (SSSR count). The molecular formula is C15H22F3N3. The highest BCUT2D eigenvalue weighted by Crippen LogP contribution is 2.20. The van der Waals surface area contributed by atoms with Crippen LogP contribution in [0.3, 0.4) is 0 Å². The number of hydrogen-bond acceptors (Lipinski definition) is 3. The fraction of sp³-hybridized carbons (Fsp3) is 0.667. The van der Waals surface area contributed by atoms with E-state index in [1.54, 1.807) is 6.20 Å². The van der Waals surface area contributed by atoms with Gasteiger partial charge in [0, 0.05) is 25.3 Å². The molecule has 1 aromatic rings. The van der Waals surface area contributed by atoms with Gasteiger partial charge in [-0.15, -0.1) is 0 Å². The van der Waals surface area contributed by atoms with E-state index in [4.69, 9.17) is 0 Å². The molecule has 0 bridgehead atoms. The van der Waals surface area contributed by atoms with E-state index in [1.807, 2.05) is 19.1 Å². The van der Waals surface area contributed by atoms with Gasteiger partial charge in [0.25, 0.3) is 0 Å². The lowest BCUT2D eigenvalue weighted by Gasteiger charge is -2.22. The van der Waals surface area contributed by atoms with Crippen molar-refractivity contribution in [2.24, 2.45) is 0 Å². The number of hydrogen-bond donors (Lipinski definition) is 1. The standard InChI is InChI=1S/C15H22F3N3/c1-2-7-21(11-15(16,17)18)10-14-4-3-12(9-20-14)8-19-13-5-6-13/h3-4,9,13,19H,2,5-8,10-11H2,1H3. The van der Waals surface area contributed by atoms with Crippen molar-refractivity contribution in [1.82, 2.24) is 15.2 Å². The lowest BCUT2D eigenvalue weighted by Crippen LogP contribution is -2.34. The van der Waals surface area contributed by atoms with Crippen molar-refractivity contribution in [3.05, 3.63) is 29.6 Å². The van der Waals surface area contributed by atoms with Crippen molar-refractivity contribution in [3.8, 4) is 0 Å². The van der Waals surface area contributed by atoms with Crippen LogP contribution in [0.2, 0.25) is 0 Å². The smallest absolute Gasteiger partial charge is 0.310 e. The van der Waals surface area contributed by atoms with Gasteiger partial charge in [-0.25, -0.2) is 0 Å². The summed E-state index contributed by atoms with van der Waals surface area (Å²) < 4.78 is 37.5. The van der Waals surface area contributed by atoms with Gasteiger partial charge in [0.2, 0.25) is 0 Å². The van der Waals surface area contributed by atoms with Crippen molar-refractivity contribution in [2.75, 3.05) is 13.1 Å². The summed E-state index contributed by atoms with van der Waals surface area (Å²) in [5.74, 6) is 0. The van der Waals surface area contributed by atoms with Gasteiger partial charge in [0.05, 0.1) is 12.2 Å². The van der Waals surface area contributed by atoms with Crippen molar-refractivity contribution < 1.29 is 13.2 Å². The Kier molecular flexibility index (Phi) is 5.58. The number of halogens is 3. The van der Waals surface area contributed by atoms with E-state index in [1.165, 1.54) is 17.7 Å². The molecule has 1 aromatic heterocycles. The molecule has 0 aromatic carbocycles. The molecule has 0 atom stereocenters. The summed E-state index contributed by atoms with van der Waals surface area (Å²) in [6, 6.07) is 4.40. The summed E-state index contributed by atoms with van der Waals surface area (Å²) in [4.78, 5) is 5.67. The van der Waals surface area contributed by atoms with E-state index in [2.05, 4.69) is 10.3 Å². The second-order valence-corrected chi connectivity index (χ2v) is 5.64. The van der Waals surface area contributed by atoms with Gasteiger partial charge in [-0.05, 0) is 37.4 Å². The molecule has 1 N–H and O–H groups in total. The Labute approximate surface area is 123 Å². The molecular weight excluding hydrogens is 279 g/mol. The number of pyridine rings is 1. The first-order valence-corrected chi connectivity index (χ1v) is 7.42. The van der Waals surface area contributed by atoms with E-state index in [0.717, 1.165) is 12.1 Å². The highest BCUT2D eigenvalue weighted by atomic mass is 19.4. The first kappa shape index (κ1) is 16.2. The number of nitrogens with one attached hydrogen (secondary N) is 1. The third kappa shape index (κ3) is 6.44. The monoisotopic (exact) mass is 301 g/mol. The van der Waals surface area contributed by atoms with Gasteiger partial charge >= 0.3 is 6.18 Å². The summed E-state index contributed by atoms with van der Waals surface area (Å²) in [5.41, 5.74) is 1.76. The Balaban J connectivity index is 1.86. The molecule has 1 saturated carbocycles. The number of alkyl halides is 3. The first-order valence-electron chi connectivity index (χ1n) is 7.42. The molecule has 0 aliphatic heterocycles. The van der Waals surface area contributed by atoms with Crippen LogP contribution in [-0.4, -0.2) is 35.2 Å². The maximum atomic E-state index is 12.5. The van der Waals surface area contributed by atoms with Gasteiger partial charge in [0.1, 0.15) is 0 Å². The predicted octanol–water partition coefficient (Wildman–Crippen LogP) is 3.11. The van der Waals surface area contributed by atoms with Crippen LogP contribution in [0.4, 0.5) is 13.2 Å². The highest BCUT2D eigenvalue weighted by molar-refractivity contribution is 5.14. The minimum absolute atomic E-state index is 0.240. The molecule has 6 heteroatoms. The van der Waals surface area contributed by atoms with Crippen LogP contribution in [0.1, 0.15) is 37.4 Å². The van der Waals surface area contributed by atoms with E-state index in [9.17, 15) is 13.2 Å². The Bertz CT molecular complexity index is 427. The van der Waals surface area contributed by atoms with Crippen molar-refractivity contribution in [2.45, 2.75) is 51.5 Å². The van der Waals surface area contributed by atoms with Crippen LogP contribution in [0.5, 0.6) is 0 Å². The molecule has 0 saturated heterocycles. The van der Waals surface area contributed by atoms with E-state index in [-0.39, 0.29) is 6.54 Å². The van der Waals surface area contributed by atoms with Gasteiger partial charge in [-0.2, -0.15) is 13.2 Å². The summed E-state index contributed by atoms with van der Waals surface area (Å²) in [6.07, 6.45) is 0.745. The quantitative estimate of drug-likeness (QED) is 0.799. The zero-order valence-corrected chi connectivity index (χ0v) is 12.3. The molecule has 3 nitrogen and oxygen atoms in total. The second-order valence-electron chi connectivity index (χ2n) is 5.64. The second kappa shape index (κ2) is 7.22. The Morgan fingerprint density at radius 3 is 2.62 bits per heavy atom. The highest BCUT2D eigenvalue weighted by Gasteiger charge is 2.30. The van der Waals surface area contributed by atoms with Crippen LogP contribution in [0.15, 0.2) is 18.3 Å². The maximum Gasteiger partial charge on any atom is 0.401 e. The van der Waals surface area contributed by atoms with Crippen molar-refractivity contribution in [1.29, 1.82) is 0 Å². The molecule has 1 aliphatic carbocycles. The molecule has 1 fully saturated rings. The SMILES string of the molecule is CCCN(Cc1ccc(CNC2CC2)cn1)CC(F)(F)F. The van der Waals surface area contributed by atoms with Gasteiger partial charge in [-0.1, -0.05) is 13.0 Å². The average Bonchev–Trinajstić information content (AvgIpc) is 3.20. The fourth-order valence-electron chi connectivity index (χ4n) is 2.22. The van der Waals surface area contributed by atoms with Crippen molar-refractivity contribution >= 4 is 0 Å². The van der Waals surface area contributed by atoms with Crippen LogP contribution in [-0.2, 0) is 13.1 Å². The molecule has 0 spiro atoms. The maximum absolute atomic E-state index is 12.5. The summed E-state index contributed by atoms with van der Waals surface area (Å²) in [5, 5.41) is 3.39. The van der Waals surface area contributed by atoms with Crippen LogP contribution < -0.4 is 5.32 Å². The Morgan fingerprint density at radius 1 is 1.33 bits per heavy atom. The first-order chi connectivity index (χ1) is 9.96. The molecule has 0 radical (unpaired) electrons. The molecule has 0 amide bonds. The average molecular weight is 301 g/mol. The zero-order valence-electron chi connectivity index (χ0n) is 12.3. The van der Waals surface area contributed by atoms with E-state index in [0.29, 0.717) is 24.7 Å². The normalized spacial score (nSPS) is 15.7. The fourth-order valence-corrected chi connectivity index (χ4v) is 2.22. The third-order valence-corrected chi connectivity index (χ3v) is 3.39. The van der Waals surface area contributed by atoms with E-state index < -0.39 is 12.7 Å². The van der Waals surface area contributed by atoms with Crippen LogP contribution in [0.25, 0.3) is 0 Å². The Morgan fingerprint density at radius 2 is 2.10 bits per heavy atom. The minimum Gasteiger partial charge on any atom is -0.310 e. The zero-order chi connectivity index (χ0) is 15.3. The van der Waals surface area contributed by atoms with E-state index >= 15 is 0 Å². The van der Waals surface area contributed by atoms with Crippen molar-refractivity contribution in [3.63, 3.8) is 0 Å². The lowest BCUT2D eigenvalue weighted by atomic mass is 10.2. The summed E-state index contributed by atoms with van der Waals surface area (Å²) >= 11 is 0. The number of aromatic nitrogens is 1. The van der Waals surface area contributed by atoms with Gasteiger partial charge < -0.3 is 5.32 Å². The predicted molar refractivity (Wildman–Crippen MR) is 75.7 cm³/mol. The minimum atomic E-state index is -4.16. The Hall–Kier alpha value is -1.14. The number of nitrogens with zero attached hydrogens (tertiary/aromatic N) is 2. The summed E-state index contributed by atoms with van der Waals surface area (Å²) in [7, 11) is 0. The topological polar surface area (TPSA) is 28.2 Å². The number of rotatable bonds is 8. The summed E-state index contributed by atoms with van der Waals surface area (Å²) in [6.45, 7) is 2.44. The molecule has 1 aliphatic rings. The van der Waals surface area contributed by atoms with Gasteiger partial charge in [0.15, 0.2) is 0 Å². The molecule has 21 heavy (non-hydrogen) atoms. The van der Waals surface area contributed by atoms with Gasteiger partial charge in [-0.3, -0.25) is 9.88 Å².